The van der Waals surface area contributed by atoms with Gasteiger partial charge in [-0.05, 0) is 19.9 Å². The molecule has 0 aliphatic carbocycles. The second-order valence-corrected chi connectivity index (χ2v) is 5.26. The number of nitro groups is 1. The van der Waals surface area contributed by atoms with E-state index in [1.54, 1.807) is 6.07 Å². The summed E-state index contributed by atoms with van der Waals surface area (Å²) in [7, 11) is 0. The lowest BCUT2D eigenvalue weighted by molar-refractivity contribution is -0.380. The lowest BCUT2D eigenvalue weighted by Crippen LogP contribution is -2.06. The van der Waals surface area contributed by atoms with E-state index in [4.69, 9.17) is 11.6 Å². The third-order valence-electron chi connectivity index (χ3n) is 2.39. The summed E-state index contributed by atoms with van der Waals surface area (Å²) in [5, 5.41) is 18.8. The first kappa shape index (κ1) is 13.0. The van der Waals surface area contributed by atoms with Crippen LogP contribution in [0.5, 0.6) is 0 Å². The van der Waals surface area contributed by atoms with Crippen LogP contribution in [0.25, 0.3) is 10.7 Å². The molecule has 0 saturated carbocycles. The predicted octanol–water partition coefficient (Wildman–Crippen LogP) is 3.23. The lowest BCUT2D eigenvalue weighted by atomic mass is 10.3. The van der Waals surface area contributed by atoms with Crippen molar-refractivity contribution in [2.75, 3.05) is 0 Å². The van der Waals surface area contributed by atoms with E-state index in [1.165, 1.54) is 6.07 Å². The van der Waals surface area contributed by atoms with E-state index in [0.29, 0.717) is 11.6 Å². The highest BCUT2D eigenvalue weighted by Gasteiger charge is 2.19. The molecule has 0 bridgehead atoms. The van der Waals surface area contributed by atoms with Crippen molar-refractivity contribution in [1.82, 2.24) is 14.8 Å². The molecule has 18 heavy (non-hydrogen) atoms. The van der Waals surface area contributed by atoms with Crippen LogP contribution in [-0.4, -0.2) is 19.7 Å². The van der Waals surface area contributed by atoms with E-state index in [-0.39, 0.29) is 16.9 Å². The number of thiophene rings is 1. The van der Waals surface area contributed by atoms with Crippen molar-refractivity contribution in [1.29, 1.82) is 0 Å². The summed E-state index contributed by atoms with van der Waals surface area (Å²) in [6, 6.07) is 3.30. The van der Waals surface area contributed by atoms with E-state index in [9.17, 15) is 10.1 Å². The molecule has 0 radical (unpaired) electrons. The maximum absolute atomic E-state index is 10.7. The second kappa shape index (κ2) is 5.03. The summed E-state index contributed by atoms with van der Waals surface area (Å²) in [5.41, 5.74) is 0. The molecule has 8 heteroatoms. The van der Waals surface area contributed by atoms with Gasteiger partial charge in [-0.25, -0.2) is 0 Å². The lowest BCUT2D eigenvalue weighted by Gasteiger charge is -2.11. The zero-order chi connectivity index (χ0) is 13.3. The molecule has 0 N–H and O–H groups in total. The van der Waals surface area contributed by atoms with Crippen LogP contribution in [0.15, 0.2) is 12.1 Å². The number of aromatic nitrogens is 3. The van der Waals surface area contributed by atoms with Gasteiger partial charge in [0.05, 0.1) is 15.7 Å². The molecule has 0 amide bonds. The third-order valence-corrected chi connectivity index (χ3v) is 3.67. The largest absolute Gasteiger partial charge is 0.324 e. The number of hydrogen-bond donors (Lipinski definition) is 0. The number of hydrogen-bond acceptors (Lipinski definition) is 5. The first-order valence-electron chi connectivity index (χ1n) is 5.29. The minimum Gasteiger partial charge on any atom is -0.307 e. The van der Waals surface area contributed by atoms with Gasteiger partial charge in [0.15, 0.2) is 5.82 Å². The van der Waals surface area contributed by atoms with Crippen molar-refractivity contribution in [2.24, 2.45) is 0 Å². The van der Waals surface area contributed by atoms with Crippen LogP contribution >= 0.6 is 22.9 Å². The van der Waals surface area contributed by atoms with Gasteiger partial charge in [-0.15, -0.1) is 21.8 Å². The smallest absolute Gasteiger partial charge is 0.307 e. The fourth-order valence-electron chi connectivity index (χ4n) is 1.67. The standard InChI is InChI=1S/C10H11ClN4O2S/c1-6(2)14-8(5-11)12-13-10(14)7-3-4-9(18-7)15(16)17/h3-4,6H,5H2,1-2H3. The molecule has 0 aliphatic rings. The zero-order valence-corrected chi connectivity index (χ0v) is 11.4. The van der Waals surface area contributed by atoms with Crippen molar-refractivity contribution >= 4 is 27.9 Å². The SMILES string of the molecule is CC(C)n1c(CCl)nnc1-c1ccc([N+](=O)[O-])s1. The Hall–Kier alpha value is -1.47. The minimum atomic E-state index is -0.410. The minimum absolute atomic E-state index is 0.0933. The molecular formula is C10H11ClN4O2S. The predicted molar refractivity (Wildman–Crippen MR) is 69.9 cm³/mol. The molecule has 0 fully saturated rings. The Morgan fingerprint density at radius 3 is 2.72 bits per heavy atom. The molecule has 0 saturated heterocycles. The molecule has 2 rings (SSSR count). The van der Waals surface area contributed by atoms with Gasteiger partial charge in [-0.2, -0.15) is 0 Å². The normalized spacial score (nSPS) is 11.1. The van der Waals surface area contributed by atoms with Gasteiger partial charge in [0.1, 0.15) is 5.82 Å². The van der Waals surface area contributed by atoms with Crippen LogP contribution < -0.4 is 0 Å². The monoisotopic (exact) mass is 286 g/mol. The maximum atomic E-state index is 10.7. The van der Waals surface area contributed by atoms with Crippen LogP contribution in [0.2, 0.25) is 0 Å². The Morgan fingerprint density at radius 1 is 1.50 bits per heavy atom. The molecule has 2 aromatic heterocycles. The average molecular weight is 287 g/mol. The Kier molecular flexibility index (Phi) is 3.63. The van der Waals surface area contributed by atoms with Crippen molar-refractivity contribution in [2.45, 2.75) is 25.8 Å². The number of rotatable bonds is 4. The highest BCUT2D eigenvalue weighted by Crippen LogP contribution is 2.33. The van der Waals surface area contributed by atoms with E-state index in [0.717, 1.165) is 16.2 Å². The van der Waals surface area contributed by atoms with Gasteiger partial charge < -0.3 is 4.57 Å². The van der Waals surface area contributed by atoms with Gasteiger partial charge in [0.25, 0.3) is 0 Å². The molecule has 0 unspecified atom stereocenters. The van der Waals surface area contributed by atoms with E-state index in [1.807, 2.05) is 18.4 Å². The molecule has 96 valence electrons. The molecule has 0 spiro atoms. The van der Waals surface area contributed by atoms with Crippen LogP contribution in [0.4, 0.5) is 5.00 Å². The molecular weight excluding hydrogens is 276 g/mol. The fraction of sp³-hybridized carbons (Fsp3) is 0.400. The first-order valence-corrected chi connectivity index (χ1v) is 6.64. The third kappa shape index (κ3) is 2.23. The van der Waals surface area contributed by atoms with Crippen LogP contribution in [0, 0.1) is 10.1 Å². The van der Waals surface area contributed by atoms with Gasteiger partial charge in [-0.3, -0.25) is 10.1 Å². The number of nitrogens with zero attached hydrogens (tertiary/aromatic N) is 4. The van der Waals surface area contributed by atoms with Crippen molar-refractivity contribution < 1.29 is 4.92 Å². The van der Waals surface area contributed by atoms with E-state index >= 15 is 0 Å². The van der Waals surface area contributed by atoms with Crippen molar-refractivity contribution in [3.05, 3.63) is 28.1 Å². The summed E-state index contributed by atoms with van der Waals surface area (Å²) in [6.45, 7) is 3.98. The van der Waals surface area contributed by atoms with Crippen LogP contribution in [0.1, 0.15) is 25.7 Å². The summed E-state index contributed by atoms with van der Waals surface area (Å²) in [6.07, 6.45) is 0. The first-order chi connectivity index (χ1) is 8.54. The van der Waals surface area contributed by atoms with E-state index in [2.05, 4.69) is 10.2 Å². The van der Waals surface area contributed by atoms with Gasteiger partial charge in [0, 0.05) is 12.1 Å². The average Bonchev–Trinajstić information content (AvgIpc) is 2.94. The molecule has 6 nitrogen and oxygen atoms in total. The second-order valence-electron chi connectivity index (χ2n) is 3.93. The molecule has 2 aromatic rings. The molecule has 2 heterocycles. The number of halogens is 1. The number of alkyl halides is 1. The summed E-state index contributed by atoms with van der Waals surface area (Å²) >= 11 is 6.89. The zero-order valence-electron chi connectivity index (χ0n) is 9.83. The Labute approximate surface area is 112 Å². The highest BCUT2D eigenvalue weighted by molar-refractivity contribution is 7.18. The Balaban J connectivity index is 2.49. The van der Waals surface area contributed by atoms with Gasteiger partial charge >= 0.3 is 5.00 Å². The van der Waals surface area contributed by atoms with Crippen molar-refractivity contribution in [3.8, 4) is 10.7 Å². The summed E-state index contributed by atoms with van der Waals surface area (Å²) < 4.78 is 1.89. The van der Waals surface area contributed by atoms with Gasteiger partial charge in [-0.1, -0.05) is 11.3 Å². The van der Waals surface area contributed by atoms with E-state index < -0.39 is 4.92 Å². The Morgan fingerprint density at radius 2 is 2.22 bits per heavy atom. The van der Waals surface area contributed by atoms with Crippen LogP contribution in [-0.2, 0) is 5.88 Å². The molecule has 0 atom stereocenters. The topological polar surface area (TPSA) is 73.8 Å². The summed E-state index contributed by atoms with van der Waals surface area (Å²) in [4.78, 5) is 11.0. The molecule has 0 aromatic carbocycles. The fourth-order valence-corrected chi connectivity index (χ4v) is 2.66. The van der Waals surface area contributed by atoms with Gasteiger partial charge in [0.2, 0.25) is 0 Å². The highest BCUT2D eigenvalue weighted by atomic mass is 35.5. The maximum Gasteiger partial charge on any atom is 0.324 e. The summed E-state index contributed by atoms with van der Waals surface area (Å²) in [5.74, 6) is 1.55. The Bertz CT molecular complexity index is 578. The quantitative estimate of drug-likeness (QED) is 0.491. The molecule has 0 aliphatic heterocycles. The van der Waals surface area contributed by atoms with Crippen LogP contribution in [0.3, 0.4) is 0 Å². The van der Waals surface area contributed by atoms with Crippen molar-refractivity contribution in [3.63, 3.8) is 0 Å².